The van der Waals surface area contributed by atoms with Crippen molar-refractivity contribution in [2.45, 2.75) is 45.2 Å². The lowest BCUT2D eigenvalue weighted by molar-refractivity contribution is 0.441. The largest absolute Gasteiger partial charge is 0.328 e. The summed E-state index contributed by atoms with van der Waals surface area (Å²) in [6.07, 6.45) is 8.48. The summed E-state index contributed by atoms with van der Waals surface area (Å²) in [5.41, 5.74) is 0.158. The summed E-state index contributed by atoms with van der Waals surface area (Å²) >= 11 is 4.35. The van der Waals surface area contributed by atoms with E-state index in [9.17, 15) is 4.79 Å². The third-order valence-corrected chi connectivity index (χ3v) is 3.74. The van der Waals surface area contributed by atoms with Gasteiger partial charge in [0, 0.05) is 25.0 Å². The molecule has 0 saturated heterocycles. The van der Waals surface area contributed by atoms with Gasteiger partial charge in [0.05, 0.1) is 0 Å². The van der Waals surface area contributed by atoms with Gasteiger partial charge in [0.1, 0.15) is 0 Å². The zero-order valence-electron chi connectivity index (χ0n) is 9.80. The fourth-order valence-electron chi connectivity index (χ4n) is 2.12. The Labute approximate surface area is 102 Å². The predicted octanol–water partition coefficient (Wildman–Crippen LogP) is 2.33. The van der Waals surface area contributed by atoms with Crippen LogP contribution in [-0.2, 0) is 6.54 Å². The maximum absolute atomic E-state index is 12.0. The van der Waals surface area contributed by atoms with Crippen molar-refractivity contribution in [2.24, 2.45) is 5.92 Å². The lowest BCUT2D eigenvalue weighted by Gasteiger charge is -2.13. The number of hydrogen-bond acceptors (Lipinski definition) is 2. The molecule has 3 nitrogen and oxygen atoms in total. The molecule has 0 bridgehead atoms. The van der Waals surface area contributed by atoms with E-state index in [1.54, 1.807) is 0 Å². The van der Waals surface area contributed by atoms with Crippen molar-refractivity contribution in [3.05, 3.63) is 22.9 Å². The Kier molecular flexibility index (Phi) is 3.79. The molecule has 1 unspecified atom stereocenters. The molecule has 1 aliphatic rings. The minimum atomic E-state index is 0.158. The molecule has 0 radical (unpaired) electrons. The smallest absolute Gasteiger partial charge is 0.299 e. The van der Waals surface area contributed by atoms with Crippen molar-refractivity contribution in [3.63, 3.8) is 0 Å². The number of imidazole rings is 1. The fraction of sp³-hybridized carbons (Fsp3) is 0.750. The van der Waals surface area contributed by atoms with Gasteiger partial charge >= 0.3 is 5.69 Å². The van der Waals surface area contributed by atoms with Crippen LogP contribution in [0.1, 0.15) is 38.6 Å². The fourth-order valence-corrected chi connectivity index (χ4v) is 2.42. The van der Waals surface area contributed by atoms with Gasteiger partial charge in [-0.05, 0) is 30.9 Å². The molecular weight excluding hydrogens is 220 g/mol. The lowest BCUT2D eigenvalue weighted by Crippen LogP contribution is -2.26. The molecule has 1 saturated carbocycles. The molecule has 1 heterocycles. The van der Waals surface area contributed by atoms with Crippen LogP contribution in [0.5, 0.6) is 0 Å². The monoisotopic (exact) mass is 240 g/mol. The van der Waals surface area contributed by atoms with Crippen LogP contribution in [-0.4, -0.2) is 14.9 Å². The quantitative estimate of drug-likeness (QED) is 0.759. The average Bonchev–Trinajstić information content (AvgIpc) is 3.05. The number of thiol groups is 1. The van der Waals surface area contributed by atoms with Crippen molar-refractivity contribution < 1.29 is 0 Å². The maximum atomic E-state index is 12.0. The van der Waals surface area contributed by atoms with Crippen LogP contribution in [0.4, 0.5) is 0 Å². The normalized spacial score (nSPS) is 17.6. The number of hydrogen-bond donors (Lipinski definition) is 1. The highest BCUT2D eigenvalue weighted by molar-refractivity contribution is 7.80. The van der Waals surface area contributed by atoms with Gasteiger partial charge in [-0.1, -0.05) is 13.3 Å². The van der Waals surface area contributed by atoms with Crippen molar-refractivity contribution in [1.82, 2.24) is 9.13 Å². The average molecular weight is 240 g/mol. The van der Waals surface area contributed by atoms with E-state index >= 15 is 0 Å². The van der Waals surface area contributed by atoms with Crippen molar-refractivity contribution in [2.75, 3.05) is 5.75 Å². The van der Waals surface area contributed by atoms with E-state index in [1.165, 1.54) is 0 Å². The van der Waals surface area contributed by atoms with Gasteiger partial charge in [0.25, 0.3) is 0 Å². The Morgan fingerprint density at radius 3 is 2.81 bits per heavy atom. The van der Waals surface area contributed by atoms with Crippen molar-refractivity contribution in [1.29, 1.82) is 0 Å². The number of nitrogens with zero attached hydrogens (tertiary/aromatic N) is 2. The van der Waals surface area contributed by atoms with Gasteiger partial charge in [0.2, 0.25) is 0 Å². The standard InChI is InChI=1S/C12H20N2OS/c1-2-3-10(9-16)8-13-6-7-14(12(13)15)11-4-5-11/h6-7,10-11,16H,2-5,8-9H2,1H3. The summed E-state index contributed by atoms with van der Waals surface area (Å²) in [7, 11) is 0. The first-order valence-electron chi connectivity index (χ1n) is 6.14. The summed E-state index contributed by atoms with van der Waals surface area (Å²) in [4.78, 5) is 12.0. The third-order valence-electron chi connectivity index (χ3n) is 3.22. The van der Waals surface area contributed by atoms with E-state index in [1.807, 2.05) is 21.5 Å². The molecule has 90 valence electrons. The molecule has 2 rings (SSSR count). The summed E-state index contributed by atoms with van der Waals surface area (Å²) in [6.45, 7) is 2.99. The Hall–Kier alpha value is -0.640. The molecule has 16 heavy (non-hydrogen) atoms. The summed E-state index contributed by atoms with van der Waals surface area (Å²) in [5.74, 6) is 1.37. The molecule has 1 fully saturated rings. The third kappa shape index (κ3) is 2.54. The second kappa shape index (κ2) is 5.13. The van der Waals surface area contributed by atoms with Gasteiger partial charge in [-0.15, -0.1) is 0 Å². The first-order valence-corrected chi connectivity index (χ1v) is 6.77. The Morgan fingerprint density at radius 2 is 2.25 bits per heavy atom. The van der Waals surface area contributed by atoms with Crippen LogP contribution in [0.25, 0.3) is 0 Å². The molecular formula is C12H20N2OS. The van der Waals surface area contributed by atoms with Crippen molar-refractivity contribution in [3.8, 4) is 0 Å². The summed E-state index contributed by atoms with van der Waals surface area (Å²) < 4.78 is 3.72. The highest BCUT2D eigenvalue weighted by Crippen LogP contribution is 2.33. The second-order valence-corrected chi connectivity index (χ2v) is 5.07. The molecule has 1 aromatic heterocycles. The molecule has 4 heteroatoms. The Morgan fingerprint density at radius 1 is 1.50 bits per heavy atom. The SMILES string of the molecule is CCCC(CS)Cn1ccn(C2CC2)c1=O. The zero-order chi connectivity index (χ0) is 11.5. The summed E-state index contributed by atoms with van der Waals surface area (Å²) in [5, 5.41) is 0. The first-order chi connectivity index (χ1) is 7.76. The molecule has 0 amide bonds. The minimum Gasteiger partial charge on any atom is -0.299 e. The van der Waals surface area contributed by atoms with Gasteiger partial charge in [-0.3, -0.25) is 9.13 Å². The Balaban J connectivity index is 2.05. The minimum absolute atomic E-state index is 0.158. The highest BCUT2D eigenvalue weighted by Gasteiger charge is 2.25. The van der Waals surface area contributed by atoms with Gasteiger partial charge in [0.15, 0.2) is 0 Å². The van der Waals surface area contributed by atoms with E-state index in [-0.39, 0.29) is 5.69 Å². The van der Waals surface area contributed by atoms with Crippen LogP contribution in [0.2, 0.25) is 0 Å². The van der Waals surface area contributed by atoms with Crippen LogP contribution >= 0.6 is 12.6 Å². The molecule has 0 aliphatic heterocycles. The molecule has 0 aromatic carbocycles. The maximum Gasteiger partial charge on any atom is 0.328 e. The van der Waals surface area contributed by atoms with Gasteiger partial charge < -0.3 is 0 Å². The molecule has 0 N–H and O–H groups in total. The van der Waals surface area contributed by atoms with E-state index in [2.05, 4.69) is 19.6 Å². The van der Waals surface area contributed by atoms with E-state index in [0.717, 1.165) is 38.0 Å². The van der Waals surface area contributed by atoms with Crippen LogP contribution in [0, 0.1) is 5.92 Å². The second-order valence-electron chi connectivity index (χ2n) is 4.71. The number of rotatable bonds is 6. The van der Waals surface area contributed by atoms with E-state index in [0.29, 0.717) is 12.0 Å². The molecule has 1 aromatic rings. The van der Waals surface area contributed by atoms with Gasteiger partial charge in [-0.25, -0.2) is 4.79 Å². The lowest BCUT2D eigenvalue weighted by atomic mass is 10.1. The van der Waals surface area contributed by atoms with Gasteiger partial charge in [-0.2, -0.15) is 12.6 Å². The molecule has 1 atom stereocenters. The highest BCUT2D eigenvalue weighted by atomic mass is 32.1. The van der Waals surface area contributed by atoms with Crippen LogP contribution in [0.15, 0.2) is 17.2 Å². The summed E-state index contributed by atoms with van der Waals surface area (Å²) in [6, 6.07) is 0.481. The van der Waals surface area contributed by atoms with E-state index in [4.69, 9.17) is 0 Å². The van der Waals surface area contributed by atoms with Crippen LogP contribution < -0.4 is 5.69 Å². The zero-order valence-corrected chi connectivity index (χ0v) is 10.7. The first kappa shape index (κ1) is 11.8. The molecule has 1 aliphatic carbocycles. The van der Waals surface area contributed by atoms with E-state index < -0.39 is 0 Å². The number of aromatic nitrogens is 2. The Bertz CT molecular complexity index is 392. The van der Waals surface area contributed by atoms with Crippen molar-refractivity contribution >= 4 is 12.6 Å². The topological polar surface area (TPSA) is 26.9 Å². The van der Waals surface area contributed by atoms with Crippen LogP contribution in [0.3, 0.4) is 0 Å². The molecule has 0 spiro atoms. The predicted molar refractivity (Wildman–Crippen MR) is 69.2 cm³/mol.